The number of amides is 1. The molecule has 0 aliphatic carbocycles. The Hall–Kier alpha value is -1.70. The molecule has 0 bridgehead atoms. The summed E-state index contributed by atoms with van der Waals surface area (Å²) in [6.07, 6.45) is 9.80. The summed E-state index contributed by atoms with van der Waals surface area (Å²) in [5.74, 6) is 2.60. The van der Waals surface area contributed by atoms with E-state index in [4.69, 9.17) is 12.2 Å². The van der Waals surface area contributed by atoms with Crippen molar-refractivity contribution in [3.05, 3.63) is 0 Å². The van der Waals surface area contributed by atoms with Crippen LogP contribution in [0.3, 0.4) is 0 Å². The molecular weight excluding hydrogens is 216 g/mol. The molecule has 1 saturated heterocycles. The van der Waals surface area contributed by atoms with Crippen LogP contribution >= 0.6 is 0 Å². The van der Waals surface area contributed by atoms with Crippen molar-refractivity contribution in [2.75, 3.05) is 26.2 Å². The van der Waals surface area contributed by atoms with Gasteiger partial charge in [-0.2, -0.15) is 0 Å². The van der Waals surface area contributed by atoms with Gasteiger partial charge in [-0.3, -0.25) is 4.79 Å². The monoisotopic (exact) mass is 236 g/mol. The van der Waals surface area contributed by atoms with Crippen LogP contribution in [0.5, 0.6) is 0 Å². The number of terminal acetylenes is 1. The zero-order valence-corrected chi connectivity index (χ0v) is 10.1. The second-order valence-corrected chi connectivity index (χ2v) is 4.06. The number of carbonyl (C=O) groups excluding carboxylic acids is 1. The quantitative estimate of drug-likeness (QED) is 0.409. The Morgan fingerprint density at radius 2 is 2.00 bits per heavy atom. The minimum absolute atomic E-state index is 0.0456. The highest BCUT2D eigenvalue weighted by Crippen LogP contribution is 2.08. The molecule has 0 spiro atoms. The molecule has 0 unspecified atom stereocenters. The van der Waals surface area contributed by atoms with Gasteiger partial charge < -0.3 is 16.0 Å². The minimum Gasteiger partial charge on any atom is -0.370 e. The maximum absolute atomic E-state index is 11.3. The third-order valence-corrected chi connectivity index (χ3v) is 2.70. The van der Waals surface area contributed by atoms with E-state index in [1.165, 1.54) is 12.8 Å². The van der Waals surface area contributed by atoms with Gasteiger partial charge in [0.2, 0.25) is 5.91 Å². The average molecular weight is 236 g/mol. The predicted octanol–water partition coefficient (Wildman–Crippen LogP) is -0.0735. The third kappa shape index (κ3) is 5.25. The van der Waals surface area contributed by atoms with Crippen molar-refractivity contribution in [3.63, 3.8) is 0 Å². The molecule has 1 amide bonds. The molecule has 1 aliphatic rings. The molecule has 1 heterocycles. The Morgan fingerprint density at radius 3 is 2.59 bits per heavy atom. The molecule has 1 fully saturated rings. The lowest BCUT2D eigenvalue weighted by atomic mass is 10.2. The van der Waals surface area contributed by atoms with Crippen molar-refractivity contribution < 1.29 is 4.79 Å². The number of aliphatic imine (C=N–C) groups is 1. The van der Waals surface area contributed by atoms with Crippen molar-refractivity contribution in [2.24, 2.45) is 10.7 Å². The number of carbonyl (C=O) groups is 1. The van der Waals surface area contributed by atoms with Crippen LogP contribution in [0.25, 0.3) is 0 Å². The highest BCUT2D eigenvalue weighted by atomic mass is 16.1. The lowest BCUT2D eigenvalue weighted by Gasteiger charge is -2.20. The maximum Gasteiger partial charge on any atom is 0.242 e. The van der Waals surface area contributed by atoms with Gasteiger partial charge in [-0.15, -0.1) is 6.42 Å². The van der Waals surface area contributed by atoms with E-state index in [-0.39, 0.29) is 19.0 Å². The van der Waals surface area contributed by atoms with Gasteiger partial charge >= 0.3 is 0 Å². The molecule has 0 aromatic rings. The Bertz CT molecular complexity index is 311. The fourth-order valence-corrected chi connectivity index (χ4v) is 1.76. The van der Waals surface area contributed by atoms with Crippen molar-refractivity contribution in [1.29, 1.82) is 0 Å². The molecule has 0 aromatic heterocycles. The van der Waals surface area contributed by atoms with Crippen LogP contribution in [0.2, 0.25) is 0 Å². The smallest absolute Gasteiger partial charge is 0.242 e. The van der Waals surface area contributed by atoms with E-state index < -0.39 is 0 Å². The van der Waals surface area contributed by atoms with Crippen LogP contribution < -0.4 is 11.1 Å². The predicted molar refractivity (Wildman–Crippen MR) is 68.4 cm³/mol. The van der Waals surface area contributed by atoms with E-state index in [1.54, 1.807) is 0 Å². The van der Waals surface area contributed by atoms with Crippen LogP contribution in [-0.2, 0) is 4.79 Å². The van der Waals surface area contributed by atoms with Gasteiger partial charge in [0.25, 0.3) is 0 Å². The number of nitrogens with one attached hydrogen (secondary N) is 1. The molecule has 3 N–H and O–H groups in total. The summed E-state index contributed by atoms with van der Waals surface area (Å²) in [7, 11) is 0. The Morgan fingerprint density at radius 1 is 1.35 bits per heavy atom. The van der Waals surface area contributed by atoms with Crippen LogP contribution in [0, 0.1) is 12.3 Å². The van der Waals surface area contributed by atoms with Crippen LogP contribution in [-0.4, -0.2) is 42.9 Å². The summed E-state index contributed by atoms with van der Waals surface area (Å²) < 4.78 is 0. The van der Waals surface area contributed by atoms with Crippen molar-refractivity contribution in [2.45, 2.75) is 25.7 Å². The zero-order valence-electron chi connectivity index (χ0n) is 10.1. The number of nitrogens with zero attached hydrogens (tertiary/aromatic N) is 2. The SMILES string of the molecule is C#CCNC(=O)CN=C(N)N1CCCCCC1. The fourth-order valence-electron chi connectivity index (χ4n) is 1.76. The van der Waals surface area contributed by atoms with Gasteiger partial charge in [0.1, 0.15) is 6.54 Å². The standard InChI is InChI=1S/C12H20N4O/c1-2-7-14-11(17)10-15-12(13)16-8-5-3-4-6-9-16/h1H,3-10H2,(H2,13,15)(H,14,17). The number of nitrogens with two attached hydrogens (primary N) is 1. The number of likely N-dealkylation sites (tertiary alicyclic amines) is 1. The second kappa shape index (κ2) is 7.55. The highest BCUT2D eigenvalue weighted by Gasteiger charge is 2.11. The molecule has 17 heavy (non-hydrogen) atoms. The van der Waals surface area contributed by atoms with E-state index in [9.17, 15) is 4.79 Å². The molecule has 94 valence electrons. The number of guanidine groups is 1. The van der Waals surface area contributed by atoms with Crippen LogP contribution in [0.15, 0.2) is 4.99 Å². The summed E-state index contributed by atoms with van der Waals surface area (Å²) in [6.45, 7) is 2.14. The van der Waals surface area contributed by atoms with Crippen LogP contribution in [0.4, 0.5) is 0 Å². The van der Waals surface area contributed by atoms with E-state index in [2.05, 4.69) is 16.2 Å². The number of rotatable bonds is 3. The molecular formula is C12H20N4O. The van der Waals surface area contributed by atoms with Crippen LogP contribution in [0.1, 0.15) is 25.7 Å². The lowest BCUT2D eigenvalue weighted by Crippen LogP contribution is -2.39. The summed E-state index contributed by atoms with van der Waals surface area (Å²) in [4.78, 5) is 17.4. The van der Waals surface area contributed by atoms with E-state index in [0.717, 1.165) is 25.9 Å². The number of hydrogen-bond donors (Lipinski definition) is 2. The summed E-state index contributed by atoms with van der Waals surface area (Å²) in [6, 6.07) is 0. The maximum atomic E-state index is 11.3. The molecule has 1 aliphatic heterocycles. The molecule has 0 saturated carbocycles. The lowest BCUT2D eigenvalue weighted by molar-refractivity contribution is -0.119. The van der Waals surface area contributed by atoms with Gasteiger partial charge in [-0.1, -0.05) is 18.8 Å². The highest BCUT2D eigenvalue weighted by molar-refractivity contribution is 5.84. The normalized spacial score (nSPS) is 17.1. The summed E-state index contributed by atoms with van der Waals surface area (Å²) >= 11 is 0. The van der Waals surface area contributed by atoms with Gasteiger partial charge in [-0.25, -0.2) is 4.99 Å². The molecule has 0 aromatic carbocycles. The Labute approximate surface area is 102 Å². The summed E-state index contributed by atoms with van der Waals surface area (Å²) in [5.41, 5.74) is 5.85. The Balaban J connectivity index is 2.36. The number of hydrogen-bond acceptors (Lipinski definition) is 2. The minimum atomic E-state index is -0.194. The summed E-state index contributed by atoms with van der Waals surface area (Å²) in [5, 5.41) is 2.55. The van der Waals surface area contributed by atoms with Crippen molar-refractivity contribution in [3.8, 4) is 12.3 Å². The van der Waals surface area contributed by atoms with Gasteiger partial charge in [0, 0.05) is 13.1 Å². The van der Waals surface area contributed by atoms with E-state index in [0.29, 0.717) is 5.96 Å². The third-order valence-electron chi connectivity index (χ3n) is 2.70. The van der Waals surface area contributed by atoms with Gasteiger partial charge in [0.15, 0.2) is 5.96 Å². The van der Waals surface area contributed by atoms with E-state index in [1.807, 2.05) is 4.90 Å². The zero-order chi connectivity index (χ0) is 12.5. The molecule has 0 atom stereocenters. The molecule has 1 rings (SSSR count). The Kier molecular flexibility index (Phi) is 5.94. The first-order valence-corrected chi connectivity index (χ1v) is 5.99. The molecule has 0 radical (unpaired) electrons. The first-order valence-electron chi connectivity index (χ1n) is 5.99. The van der Waals surface area contributed by atoms with Crippen molar-refractivity contribution in [1.82, 2.24) is 10.2 Å². The van der Waals surface area contributed by atoms with Gasteiger partial charge in [-0.05, 0) is 12.8 Å². The average Bonchev–Trinajstić information content (AvgIpc) is 2.62. The second-order valence-electron chi connectivity index (χ2n) is 4.06. The first kappa shape index (κ1) is 13.4. The van der Waals surface area contributed by atoms with Gasteiger partial charge in [0.05, 0.1) is 6.54 Å². The first-order chi connectivity index (χ1) is 8.24. The molecule has 5 nitrogen and oxygen atoms in total. The topological polar surface area (TPSA) is 70.7 Å². The largest absolute Gasteiger partial charge is 0.370 e. The fraction of sp³-hybridized carbons (Fsp3) is 0.667. The molecule has 5 heteroatoms. The van der Waals surface area contributed by atoms with E-state index >= 15 is 0 Å². The van der Waals surface area contributed by atoms with Crippen molar-refractivity contribution >= 4 is 11.9 Å².